The first-order valence-corrected chi connectivity index (χ1v) is 9.96. The van der Waals surface area contributed by atoms with Crippen LogP contribution in [-0.2, 0) is 6.54 Å². The molecule has 1 N–H and O–H groups in total. The molecule has 0 bridgehead atoms. The smallest absolute Gasteiger partial charge is 0.277 e. The molecule has 31 heavy (non-hydrogen) atoms. The predicted molar refractivity (Wildman–Crippen MR) is 118 cm³/mol. The van der Waals surface area contributed by atoms with Crippen LogP contribution in [0.3, 0.4) is 0 Å². The third-order valence-corrected chi connectivity index (χ3v) is 5.19. The van der Waals surface area contributed by atoms with E-state index < -0.39 is 0 Å². The fraction of sp³-hybridized carbons (Fsp3) is 0.208. The molecule has 2 aromatic carbocycles. The van der Waals surface area contributed by atoms with Gasteiger partial charge >= 0.3 is 0 Å². The lowest BCUT2D eigenvalue weighted by atomic mass is 10.1. The number of amides is 1. The monoisotopic (exact) mass is 416 g/mol. The Labute approximate surface area is 180 Å². The standard InChI is InChI=1S/C24H24N4O3/c1-15-5-7-18(8-6-15)14-28-17(3)23(16(2)26-28)25-24(29)21-13-22(31-27-21)19-9-11-20(30-4)12-10-19/h5-13H,14H2,1-4H3,(H,25,29). The first-order chi connectivity index (χ1) is 14.9. The Kier molecular flexibility index (Phi) is 5.58. The van der Waals surface area contributed by atoms with Crippen LogP contribution in [0.15, 0.2) is 59.1 Å². The first-order valence-electron chi connectivity index (χ1n) is 9.96. The van der Waals surface area contributed by atoms with Gasteiger partial charge in [-0.1, -0.05) is 35.0 Å². The highest BCUT2D eigenvalue weighted by Crippen LogP contribution is 2.25. The molecule has 7 nitrogen and oxygen atoms in total. The van der Waals surface area contributed by atoms with Crippen LogP contribution < -0.4 is 10.1 Å². The second-order valence-electron chi connectivity index (χ2n) is 7.45. The summed E-state index contributed by atoms with van der Waals surface area (Å²) in [5.74, 6) is 0.913. The number of ether oxygens (including phenoxy) is 1. The van der Waals surface area contributed by atoms with Gasteiger partial charge in [-0.3, -0.25) is 9.48 Å². The fourth-order valence-electron chi connectivity index (χ4n) is 3.35. The van der Waals surface area contributed by atoms with Crippen molar-refractivity contribution in [1.82, 2.24) is 14.9 Å². The van der Waals surface area contributed by atoms with E-state index in [9.17, 15) is 4.79 Å². The van der Waals surface area contributed by atoms with Gasteiger partial charge in [0.05, 0.1) is 30.7 Å². The van der Waals surface area contributed by atoms with Crippen molar-refractivity contribution in [3.8, 4) is 17.1 Å². The number of anilines is 1. The lowest BCUT2D eigenvalue weighted by Gasteiger charge is -2.07. The normalized spacial score (nSPS) is 10.8. The molecule has 0 radical (unpaired) electrons. The number of hydrogen-bond acceptors (Lipinski definition) is 5. The number of hydrogen-bond donors (Lipinski definition) is 1. The molecule has 2 heterocycles. The number of aromatic nitrogens is 3. The predicted octanol–water partition coefficient (Wildman–Crippen LogP) is 4.77. The SMILES string of the molecule is COc1ccc(-c2cc(C(=O)Nc3c(C)nn(Cc4ccc(C)cc4)c3C)no2)cc1. The summed E-state index contributed by atoms with van der Waals surface area (Å²) in [5.41, 5.74) is 5.69. The van der Waals surface area contributed by atoms with Gasteiger partial charge in [-0.15, -0.1) is 0 Å². The number of carbonyl (C=O) groups excluding carboxylic acids is 1. The molecule has 4 aromatic rings. The van der Waals surface area contributed by atoms with E-state index in [1.54, 1.807) is 13.2 Å². The minimum Gasteiger partial charge on any atom is -0.497 e. The third-order valence-electron chi connectivity index (χ3n) is 5.19. The second-order valence-corrected chi connectivity index (χ2v) is 7.45. The Bertz CT molecular complexity index is 1200. The summed E-state index contributed by atoms with van der Waals surface area (Å²) in [7, 11) is 1.61. The Balaban J connectivity index is 1.50. The molecule has 0 aliphatic carbocycles. The van der Waals surface area contributed by atoms with E-state index in [-0.39, 0.29) is 11.6 Å². The van der Waals surface area contributed by atoms with Gasteiger partial charge in [-0.05, 0) is 50.6 Å². The molecular formula is C24H24N4O3. The van der Waals surface area contributed by atoms with Gasteiger partial charge in [0.2, 0.25) is 0 Å². The van der Waals surface area contributed by atoms with Gasteiger partial charge in [0.25, 0.3) is 5.91 Å². The molecule has 0 saturated carbocycles. The van der Waals surface area contributed by atoms with E-state index in [1.165, 1.54) is 5.56 Å². The Hall–Kier alpha value is -3.87. The van der Waals surface area contributed by atoms with E-state index in [0.29, 0.717) is 18.0 Å². The summed E-state index contributed by atoms with van der Waals surface area (Å²) in [6.07, 6.45) is 0. The van der Waals surface area contributed by atoms with Crippen LogP contribution in [0, 0.1) is 20.8 Å². The van der Waals surface area contributed by atoms with Crippen LogP contribution in [0.5, 0.6) is 5.75 Å². The molecule has 0 spiro atoms. The molecule has 4 rings (SSSR count). The average Bonchev–Trinajstić information content (AvgIpc) is 3.37. The minimum atomic E-state index is -0.343. The number of rotatable bonds is 6. The number of aryl methyl sites for hydroxylation is 2. The van der Waals surface area contributed by atoms with Crippen LogP contribution in [0.2, 0.25) is 0 Å². The molecule has 0 aliphatic heterocycles. The van der Waals surface area contributed by atoms with Gasteiger partial charge in [-0.2, -0.15) is 5.10 Å². The van der Waals surface area contributed by atoms with E-state index in [0.717, 1.165) is 28.3 Å². The van der Waals surface area contributed by atoms with E-state index in [2.05, 4.69) is 46.8 Å². The maximum absolute atomic E-state index is 12.8. The van der Waals surface area contributed by atoms with Gasteiger partial charge in [0, 0.05) is 11.6 Å². The average molecular weight is 416 g/mol. The second kappa shape index (κ2) is 8.47. The lowest BCUT2D eigenvalue weighted by molar-refractivity contribution is 0.101. The van der Waals surface area contributed by atoms with Crippen molar-refractivity contribution in [3.63, 3.8) is 0 Å². The van der Waals surface area contributed by atoms with Gasteiger partial charge in [-0.25, -0.2) is 0 Å². The van der Waals surface area contributed by atoms with Gasteiger partial charge in [0.1, 0.15) is 5.75 Å². The van der Waals surface area contributed by atoms with Crippen LogP contribution >= 0.6 is 0 Å². The highest BCUT2D eigenvalue weighted by Gasteiger charge is 2.19. The quantitative estimate of drug-likeness (QED) is 0.489. The van der Waals surface area contributed by atoms with Crippen LogP contribution in [0.4, 0.5) is 5.69 Å². The molecule has 1 amide bonds. The molecule has 0 saturated heterocycles. The summed E-state index contributed by atoms with van der Waals surface area (Å²) >= 11 is 0. The number of nitrogens with zero attached hydrogens (tertiary/aromatic N) is 3. The first kappa shape index (κ1) is 20.4. The van der Waals surface area contributed by atoms with Crippen molar-refractivity contribution in [1.29, 1.82) is 0 Å². The topological polar surface area (TPSA) is 82.2 Å². The highest BCUT2D eigenvalue weighted by atomic mass is 16.5. The maximum atomic E-state index is 12.8. The summed E-state index contributed by atoms with van der Waals surface area (Å²) in [4.78, 5) is 12.8. The minimum absolute atomic E-state index is 0.205. The summed E-state index contributed by atoms with van der Waals surface area (Å²) in [6.45, 7) is 6.51. The third kappa shape index (κ3) is 4.35. The van der Waals surface area contributed by atoms with E-state index in [4.69, 9.17) is 9.26 Å². The Morgan fingerprint density at radius 1 is 1.06 bits per heavy atom. The van der Waals surface area contributed by atoms with Crippen molar-refractivity contribution >= 4 is 11.6 Å². The summed E-state index contributed by atoms with van der Waals surface area (Å²) in [6, 6.07) is 17.3. The number of nitrogens with one attached hydrogen (secondary N) is 1. The fourth-order valence-corrected chi connectivity index (χ4v) is 3.35. The summed E-state index contributed by atoms with van der Waals surface area (Å²) in [5, 5.41) is 11.4. The number of methoxy groups -OCH3 is 1. The molecule has 0 aliphatic rings. The van der Waals surface area contributed by atoms with Gasteiger partial charge in [0.15, 0.2) is 11.5 Å². The van der Waals surface area contributed by atoms with Crippen LogP contribution in [-0.4, -0.2) is 28.0 Å². The molecule has 158 valence electrons. The maximum Gasteiger partial charge on any atom is 0.277 e. The van der Waals surface area contributed by atoms with Crippen LogP contribution in [0.25, 0.3) is 11.3 Å². The van der Waals surface area contributed by atoms with Crippen molar-refractivity contribution in [2.24, 2.45) is 0 Å². The highest BCUT2D eigenvalue weighted by molar-refractivity contribution is 6.03. The molecule has 7 heteroatoms. The number of carbonyl (C=O) groups is 1. The molecule has 0 fully saturated rings. The van der Waals surface area contributed by atoms with Crippen molar-refractivity contribution in [2.45, 2.75) is 27.3 Å². The van der Waals surface area contributed by atoms with Crippen LogP contribution in [0.1, 0.15) is 33.0 Å². The number of benzene rings is 2. The zero-order chi connectivity index (χ0) is 22.0. The van der Waals surface area contributed by atoms with E-state index >= 15 is 0 Å². The lowest BCUT2D eigenvalue weighted by Crippen LogP contribution is -2.13. The Morgan fingerprint density at radius 3 is 2.45 bits per heavy atom. The molecular weight excluding hydrogens is 392 g/mol. The zero-order valence-electron chi connectivity index (χ0n) is 18.0. The van der Waals surface area contributed by atoms with Crippen molar-refractivity contribution in [2.75, 3.05) is 12.4 Å². The Morgan fingerprint density at radius 2 is 1.77 bits per heavy atom. The van der Waals surface area contributed by atoms with E-state index in [1.807, 2.05) is 42.8 Å². The molecule has 0 atom stereocenters. The summed E-state index contributed by atoms with van der Waals surface area (Å²) < 4.78 is 12.4. The largest absolute Gasteiger partial charge is 0.497 e. The zero-order valence-corrected chi connectivity index (χ0v) is 18.0. The van der Waals surface area contributed by atoms with Gasteiger partial charge < -0.3 is 14.6 Å². The molecule has 2 aromatic heterocycles. The van der Waals surface area contributed by atoms with Crippen molar-refractivity contribution in [3.05, 3.63) is 82.8 Å². The van der Waals surface area contributed by atoms with Crippen molar-refractivity contribution < 1.29 is 14.1 Å². The molecule has 0 unspecified atom stereocenters.